The molecule has 1 aliphatic carbocycles. The summed E-state index contributed by atoms with van der Waals surface area (Å²) >= 11 is 0. The maximum Gasteiger partial charge on any atom is 0.0619 e. The van der Waals surface area contributed by atoms with E-state index in [1.165, 1.54) is 121 Å². The molecule has 0 saturated heterocycles. The molecule has 0 atom stereocenters. The molecule has 0 N–H and O–H groups in total. The van der Waals surface area contributed by atoms with E-state index in [1.807, 2.05) is 0 Å². The molecule has 0 bridgehead atoms. The number of aromatic nitrogens is 2. The Kier molecular flexibility index (Phi) is 6.47. The van der Waals surface area contributed by atoms with Gasteiger partial charge in [-0.15, -0.1) is 0 Å². The standard InChI is InChI=1S/C56H34N2/c1-2-15-40(16-3-1)57-52-23-9-7-19-44(52)50-32-37(27-31-53(50)57)38-25-29-45-48-30-24-35-12-4-5-18-42(35)56(48)58(54(45)34-38)51-22-8-6-17-41(51)39-26-28-43-46-20-10-13-36-14-11-21-47(55(36)46)49(43)33-39/h1-34H. The monoisotopic (exact) mass is 734 g/mol. The predicted molar refractivity (Wildman–Crippen MR) is 245 cm³/mol. The Morgan fingerprint density at radius 1 is 0.276 bits per heavy atom. The highest BCUT2D eigenvalue weighted by Gasteiger charge is 2.23. The number of hydrogen-bond donors (Lipinski definition) is 0. The summed E-state index contributed by atoms with van der Waals surface area (Å²) in [7, 11) is 0. The van der Waals surface area contributed by atoms with Crippen molar-refractivity contribution in [3.8, 4) is 55.9 Å². The van der Waals surface area contributed by atoms with E-state index >= 15 is 0 Å². The average Bonchev–Trinajstić information content (AvgIpc) is 3.93. The fourth-order valence-electron chi connectivity index (χ4n) is 10.1. The molecule has 0 amide bonds. The highest BCUT2D eigenvalue weighted by molar-refractivity contribution is 6.20. The highest BCUT2D eigenvalue weighted by atomic mass is 15.0. The highest BCUT2D eigenvalue weighted by Crippen LogP contribution is 2.49. The lowest BCUT2D eigenvalue weighted by Crippen LogP contribution is -1.98. The van der Waals surface area contributed by atoms with Crippen molar-refractivity contribution in [3.05, 3.63) is 206 Å². The van der Waals surface area contributed by atoms with Gasteiger partial charge in [-0.3, -0.25) is 0 Å². The summed E-state index contributed by atoms with van der Waals surface area (Å²) in [6, 6.07) is 76.3. The van der Waals surface area contributed by atoms with Crippen molar-refractivity contribution in [3.63, 3.8) is 0 Å². The van der Waals surface area contributed by atoms with Crippen LogP contribution in [0.2, 0.25) is 0 Å². The summed E-state index contributed by atoms with van der Waals surface area (Å²) in [6.07, 6.45) is 0. The molecular formula is C56H34N2. The van der Waals surface area contributed by atoms with E-state index in [2.05, 4.69) is 215 Å². The Morgan fingerprint density at radius 3 is 1.81 bits per heavy atom. The third kappa shape index (κ3) is 4.37. The number of para-hydroxylation sites is 3. The van der Waals surface area contributed by atoms with E-state index in [-0.39, 0.29) is 0 Å². The third-order valence-electron chi connectivity index (χ3n) is 12.6. The van der Waals surface area contributed by atoms with Crippen LogP contribution in [-0.4, -0.2) is 9.13 Å². The fraction of sp³-hybridized carbons (Fsp3) is 0. The smallest absolute Gasteiger partial charge is 0.0619 e. The second kappa shape index (κ2) is 11.9. The number of rotatable bonds is 4. The summed E-state index contributed by atoms with van der Waals surface area (Å²) in [5, 5.41) is 10.1. The van der Waals surface area contributed by atoms with Crippen molar-refractivity contribution in [2.45, 2.75) is 0 Å². The number of benzene rings is 10. The van der Waals surface area contributed by atoms with Crippen molar-refractivity contribution in [1.29, 1.82) is 0 Å². The summed E-state index contributed by atoms with van der Waals surface area (Å²) in [4.78, 5) is 0. The first kappa shape index (κ1) is 31.5. The first-order chi connectivity index (χ1) is 28.8. The Hall–Kier alpha value is -7.68. The van der Waals surface area contributed by atoms with Gasteiger partial charge in [0, 0.05) is 38.2 Å². The molecule has 0 saturated carbocycles. The Balaban J connectivity index is 1.05. The van der Waals surface area contributed by atoms with Crippen molar-refractivity contribution < 1.29 is 0 Å². The quantitative estimate of drug-likeness (QED) is 0.170. The van der Waals surface area contributed by atoms with Crippen molar-refractivity contribution in [2.75, 3.05) is 0 Å². The van der Waals surface area contributed by atoms with Crippen LogP contribution in [0.25, 0.3) is 121 Å². The van der Waals surface area contributed by atoms with Gasteiger partial charge in [-0.1, -0.05) is 158 Å². The minimum atomic E-state index is 1.17. The summed E-state index contributed by atoms with van der Waals surface area (Å²) in [5.74, 6) is 0. The van der Waals surface area contributed by atoms with Crippen LogP contribution < -0.4 is 0 Å². The van der Waals surface area contributed by atoms with Crippen LogP contribution in [0.4, 0.5) is 0 Å². The van der Waals surface area contributed by atoms with Crippen LogP contribution in [0, 0.1) is 0 Å². The molecule has 2 nitrogen and oxygen atoms in total. The first-order valence-electron chi connectivity index (χ1n) is 20.1. The zero-order valence-electron chi connectivity index (χ0n) is 31.5. The van der Waals surface area contributed by atoms with E-state index in [4.69, 9.17) is 0 Å². The van der Waals surface area contributed by atoms with Gasteiger partial charge in [0.1, 0.15) is 0 Å². The Morgan fingerprint density at radius 2 is 0.914 bits per heavy atom. The van der Waals surface area contributed by atoms with Crippen LogP contribution in [0.5, 0.6) is 0 Å². The van der Waals surface area contributed by atoms with Gasteiger partial charge in [0.05, 0.1) is 27.8 Å². The van der Waals surface area contributed by atoms with Crippen molar-refractivity contribution in [2.24, 2.45) is 0 Å². The Labute approximate surface area is 335 Å². The number of hydrogen-bond acceptors (Lipinski definition) is 0. The van der Waals surface area contributed by atoms with Gasteiger partial charge in [0.25, 0.3) is 0 Å². The van der Waals surface area contributed by atoms with E-state index in [9.17, 15) is 0 Å². The van der Waals surface area contributed by atoms with Gasteiger partial charge in [0.15, 0.2) is 0 Å². The van der Waals surface area contributed by atoms with Gasteiger partial charge in [-0.2, -0.15) is 0 Å². The molecule has 2 aromatic heterocycles. The minimum absolute atomic E-state index is 1.17. The lowest BCUT2D eigenvalue weighted by Gasteiger charge is -2.16. The summed E-state index contributed by atoms with van der Waals surface area (Å²) in [6.45, 7) is 0. The van der Waals surface area contributed by atoms with E-state index < -0.39 is 0 Å². The molecule has 268 valence electrons. The van der Waals surface area contributed by atoms with E-state index in [1.54, 1.807) is 0 Å². The molecule has 2 heteroatoms. The molecule has 0 fully saturated rings. The number of fused-ring (bicyclic) bond motifs is 11. The molecule has 0 unspecified atom stereocenters. The van der Waals surface area contributed by atoms with Crippen LogP contribution >= 0.6 is 0 Å². The Bertz CT molecular complexity index is 3670. The van der Waals surface area contributed by atoms with Crippen LogP contribution in [0.3, 0.4) is 0 Å². The summed E-state index contributed by atoms with van der Waals surface area (Å²) in [5.41, 5.74) is 17.3. The molecule has 0 radical (unpaired) electrons. The van der Waals surface area contributed by atoms with Gasteiger partial charge in [-0.25, -0.2) is 0 Å². The molecule has 12 aromatic rings. The SMILES string of the molecule is c1ccc(-n2c3ccccc3c3cc(-c4ccc5c6ccc7ccccc7c6n(-c6ccccc6-c6ccc7c(c6)-c6cccc8cccc-7c68)c5c4)ccc32)cc1. The van der Waals surface area contributed by atoms with Gasteiger partial charge in [0.2, 0.25) is 0 Å². The average molecular weight is 735 g/mol. The van der Waals surface area contributed by atoms with Crippen LogP contribution in [0.15, 0.2) is 206 Å². The normalized spacial score (nSPS) is 12.1. The largest absolute Gasteiger partial charge is 0.309 e. The maximum absolute atomic E-state index is 2.54. The lowest BCUT2D eigenvalue weighted by molar-refractivity contribution is 1.18. The molecule has 1 aliphatic rings. The molecule has 13 rings (SSSR count). The van der Waals surface area contributed by atoms with E-state index in [0.29, 0.717) is 0 Å². The number of nitrogens with zero attached hydrogens (tertiary/aromatic N) is 2. The second-order valence-electron chi connectivity index (χ2n) is 15.7. The third-order valence-corrected chi connectivity index (χ3v) is 12.6. The zero-order valence-corrected chi connectivity index (χ0v) is 31.5. The second-order valence-corrected chi connectivity index (χ2v) is 15.7. The molecule has 0 aliphatic heterocycles. The molecular weight excluding hydrogens is 701 g/mol. The molecule has 10 aromatic carbocycles. The molecule has 0 spiro atoms. The summed E-state index contributed by atoms with van der Waals surface area (Å²) < 4.78 is 4.92. The van der Waals surface area contributed by atoms with E-state index in [0.717, 1.165) is 0 Å². The van der Waals surface area contributed by atoms with Gasteiger partial charge >= 0.3 is 0 Å². The fourth-order valence-corrected chi connectivity index (χ4v) is 10.1. The lowest BCUT2D eigenvalue weighted by atomic mass is 9.96. The van der Waals surface area contributed by atoms with Gasteiger partial charge < -0.3 is 9.13 Å². The van der Waals surface area contributed by atoms with Crippen LogP contribution in [0.1, 0.15) is 0 Å². The van der Waals surface area contributed by atoms with Crippen molar-refractivity contribution >= 4 is 65.2 Å². The van der Waals surface area contributed by atoms with Gasteiger partial charge in [-0.05, 0) is 104 Å². The minimum Gasteiger partial charge on any atom is -0.309 e. The molecule has 2 heterocycles. The van der Waals surface area contributed by atoms with Crippen molar-refractivity contribution in [1.82, 2.24) is 9.13 Å². The maximum atomic E-state index is 2.54. The predicted octanol–water partition coefficient (Wildman–Crippen LogP) is 15.2. The molecule has 58 heavy (non-hydrogen) atoms. The van der Waals surface area contributed by atoms with Crippen LogP contribution in [-0.2, 0) is 0 Å². The zero-order chi connectivity index (χ0) is 37.9. The topological polar surface area (TPSA) is 9.86 Å². The first-order valence-corrected chi connectivity index (χ1v) is 20.1.